The summed E-state index contributed by atoms with van der Waals surface area (Å²) in [6.07, 6.45) is -0.490. The van der Waals surface area contributed by atoms with E-state index in [0.29, 0.717) is 6.54 Å². The van der Waals surface area contributed by atoms with Crippen LogP contribution in [0, 0.1) is 13.8 Å². The fraction of sp³-hybridized carbons (Fsp3) is 0.294. The van der Waals surface area contributed by atoms with Gasteiger partial charge in [0, 0.05) is 6.54 Å². The maximum absolute atomic E-state index is 9.86. The second kappa shape index (κ2) is 6.55. The van der Waals surface area contributed by atoms with Gasteiger partial charge in [0.05, 0.1) is 6.10 Å². The van der Waals surface area contributed by atoms with Gasteiger partial charge in [0.25, 0.3) is 0 Å². The predicted molar refractivity (Wildman–Crippen MR) is 81.3 cm³/mol. The van der Waals surface area contributed by atoms with Crippen LogP contribution in [0.25, 0.3) is 0 Å². The summed E-state index contributed by atoms with van der Waals surface area (Å²) in [6.45, 7) is 4.69. The van der Waals surface area contributed by atoms with Crippen molar-refractivity contribution >= 4 is 0 Å². The summed E-state index contributed by atoms with van der Waals surface area (Å²) in [5, 5.41) is 12.8. The number of likely N-dealkylation sites (N-methyl/N-ethyl adjacent to an activating group) is 1. The molecule has 1 atom stereocenters. The Morgan fingerprint density at radius 2 is 1.65 bits per heavy atom. The third-order valence-corrected chi connectivity index (χ3v) is 3.38. The minimum atomic E-state index is -0.490. The van der Waals surface area contributed by atoms with Crippen LogP contribution >= 0.6 is 0 Å². The number of nitrogens with one attached hydrogen (secondary N) is 1. The lowest BCUT2D eigenvalue weighted by Crippen LogP contribution is -2.16. The average molecular weight is 271 g/mol. The molecular weight excluding hydrogens is 250 g/mol. The zero-order valence-electron chi connectivity index (χ0n) is 12.2. The zero-order chi connectivity index (χ0) is 14.5. The smallest absolute Gasteiger partial charge is 0.127 e. The van der Waals surface area contributed by atoms with Crippen molar-refractivity contribution in [1.29, 1.82) is 0 Å². The van der Waals surface area contributed by atoms with Crippen molar-refractivity contribution in [3.63, 3.8) is 0 Å². The number of aryl methyl sites for hydroxylation is 2. The molecule has 0 bridgehead atoms. The fourth-order valence-electron chi connectivity index (χ4n) is 1.98. The van der Waals surface area contributed by atoms with Gasteiger partial charge in [-0.15, -0.1) is 0 Å². The Labute approximate surface area is 120 Å². The van der Waals surface area contributed by atoms with E-state index in [9.17, 15) is 5.11 Å². The minimum Gasteiger partial charge on any atom is -0.457 e. The van der Waals surface area contributed by atoms with E-state index in [1.165, 1.54) is 11.1 Å². The minimum absolute atomic E-state index is 0.490. The van der Waals surface area contributed by atoms with E-state index < -0.39 is 6.10 Å². The topological polar surface area (TPSA) is 41.5 Å². The van der Waals surface area contributed by atoms with Crippen LogP contribution in [0.5, 0.6) is 11.5 Å². The second-order valence-corrected chi connectivity index (χ2v) is 4.99. The highest BCUT2D eigenvalue weighted by Gasteiger charge is 2.06. The Morgan fingerprint density at radius 3 is 2.25 bits per heavy atom. The summed E-state index contributed by atoms with van der Waals surface area (Å²) in [4.78, 5) is 0. The van der Waals surface area contributed by atoms with E-state index in [-0.39, 0.29) is 0 Å². The van der Waals surface area contributed by atoms with Crippen LogP contribution in [0.15, 0.2) is 42.5 Å². The summed E-state index contributed by atoms with van der Waals surface area (Å²) >= 11 is 0. The van der Waals surface area contributed by atoms with Crippen molar-refractivity contribution in [2.75, 3.05) is 13.6 Å². The molecule has 0 aliphatic rings. The normalized spacial score (nSPS) is 12.2. The van der Waals surface area contributed by atoms with Crippen molar-refractivity contribution < 1.29 is 9.84 Å². The summed E-state index contributed by atoms with van der Waals surface area (Å²) in [7, 11) is 1.82. The molecule has 0 heterocycles. The summed E-state index contributed by atoms with van der Waals surface area (Å²) < 4.78 is 5.81. The van der Waals surface area contributed by atoms with Crippen molar-refractivity contribution in [2.45, 2.75) is 20.0 Å². The van der Waals surface area contributed by atoms with E-state index in [1.54, 1.807) is 0 Å². The van der Waals surface area contributed by atoms with Crippen LogP contribution in [0.1, 0.15) is 22.8 Å². The number of hydrogen-bond donors (Lipinski definition) is 2. The average Bonchev–Trinajstić information content (AvgIpc) is 2.44. The van der Waals surface area contributed by atoms with Gasteiger partial charge < -0.3 is 15.2 Å². The lowest BCUT2D eigenvalue weighted by molar-refractivity contribution is 0.177. The lowest BCUT2D eigenvalue weighted by Gasteiger charge is -2.12. The Balaban J connectivity index is 2.08. The molecule has 0 aliphatic heterocycles. The van der Waals surface area contributed by atoms with Crippen molar-refractivity contribution in [2.24, 2.45) is 0 Å². The molecule has 0 aromatic heterocycles. The van der Waals surface area contributed by atoms with Gasteiger partial charge in [0.1, 0.15) is 11.5 Å². The maximum Gasteiger partial charge on any atom is 0.127 e. The highest BCUT2D eigenvalue weighted by atomic mass is 16.5. The summed E-state index contributed by atoms with van der Waals surface area (Å²) in [6, 6.07) is 13.6. The molecule has 3 nitrogen and oxygen atoms in total. The third-order valence-electron chi connectivity index (χ3n) is 3.38. The molecule has 2 N–H and O–H groups in total. The van der Waals surface area contributed by atoms with Crippen LogP contribution in [-0.2, 0) is 0 Å². The number of hydrogen-bond acceptors (Lipinski definition) is 3. The number of aliphatic hydroxyl groups excluding tert-OH is 1. The van der Waals surface area contributed by atoms with Gasteiger partial charge in [-0.1, -0.05) is 18.2 Å². The second-order valence-electron chi connectivity index (χ2n) is 4.99. The fourth-order valence-corrected chi connectivity index (χ4v) is 1.98. The van der Waals surface area contributed by atoms with Gasteiger partial charge in [-0.25, -0.2) is 0 Å². The quantitative estimate of drug-likeness (QED) is 0.876. The highest BCUT2D eigenvalue weighted by Crippen LogP contribution is 2.25. The standard InChI is InChI=1S/C17H21NO2/c1-12-4-7-16(10-13(12)2)20-15-8-5-14(6-9-15)17(19)11-18-3/h4-10,17-19H,11H2,1-3H3. The first-order chi connectivity index (χ1) is 9.60. The van der Waals surface area contributed by atoms with E-state index >= 15 is 0 Å². The van der Waals surface area contributed by atoms with Crippen LogP contribution in [0.4, 0.5) is 0 Å². The Morgan fingerprint density at radius 1 is 1.00 bits per heavy atom. The Hall–Kier alpha value is -1.84. The molecule has 0 aliphatic carbocycles. The van der Waals surface area contributed by atoms with E-state index in [4.69, 9.17) is 4.74 Å². The van der Waals surface area contributed by atoms with E-state index in [1.807, 2.05) is 43.4 Å². The Bertz CT molecular complexity index is 564. The highest BCUT2D eigenvalue weighted by molar-refractivity contribution is 5.38. The Kier molecular flexibility index (Phi) is 4.77. The lowest BCUT2D eigenvalue weighted by atomic mass is 10.1. The first kappa shape index (κ1) is 14.6. The monoisotopic (exact) mass is 271 g/mol. The number of rotatable bonds is 5. The molecule has 0 radical (unpaired) electrons. The molecule has 3 heteroatoms. The van der Waals surface area contributed by atoms with Gasteiger partial charge in [-0.05, 0) is 61.9 Å². The number of benzene rings is 2. The third kappa shape index (κ3) is 3.59. The van der Waals surface area contributed by atoms with Gasteiger partial charge in [0.2, 0.25) is 0 Å². The molecule has 2 aromatic carbocycles. The molecule has 1 unspecified atom stereocenters. The van der Waals surface area contributed by atoms with Gasteiger partial charge in [-0.3, -0.25) is 0 Å². The molecule has 106 valence electrons. The van der Waals surface area contributed by atoms with Crippen LogP contribution in [0.2, 0.25) is 0 Å². The van der Waals surface area contributed by atoms with Crippen molar-refractivity contribution in [1.82, 2.24) is 5.32 Å². The SMILES string of the molecule is CNCC(O)c1ccc(Oc2ccc(C)c(C)c2)cc1. The molecular formula is C17H21NO2. The largest absolute Gasteiger partial charge is 0.457 e. The van der Waals surface area contributed by atoms with E-state index in [0.717, 1.165) is 17.1 Å². The number of aliphatic hydroxyl groups is 1. The first-order valence-electron chi connectivity index (χ1n) is 6.78. The van der Waals surface area contributed by atoms with E-state index in [2.05, 4.69) is 25.2 Å². The van der Waals surface area contributed by atoms with Crippen molar-refractivity contribution in [3.05, 3.63) is 59.2 Å². The number of ether oxygens (including phenoxy) is 1. The summed E-state index contributed by atoms with van der Waals surface area (Å²) in [5.74, 6) is 1.60. The maximum atomic E-state index is 9.86. The van der Waals surface area contributed by atoms with Gasteiger partial charge in [-0.2, -0.15) is 0 Å². The molecule has 20 heavy (non-hydrogen) atoms. The molecule has 2 aromatic rings. The first-order valence-corrected chi connectivity index (χ1v) is 6.78. The molecule has 0 amide bonds. The van der Waals surface area contributed by atoms with Crippen LogP contribution in [0.3, 0.4) is 0 Å². The predicted octanol–water partition coefficient (Wildman–Crippen LogP) is 3.35. The molecule has 0 fully saturated rings. The van der Waals surface area contributed by atoms with Crippen LogP contribution < -0.4 is 10.1 Å². The van der Waals surface area contributed by atoms with Crippen molar-refractivity contribution in [3.8, 4) is 11.5 Å². The van der Waals surface area contributed by atoms with Gasteiger partial charge in [0.15, 0.2) is 0 Å². The molecule has 0 saturated carbocycles. The molecule has 2 rings (SSSR count). The molecule has 0 spiro atoms. The molecule has 0 saturated heterocycles. The van der Waals surface area contributed by atoms with Crippen LogP contribution in [-0.4, -0.2) is 18.7 Å². The summed E-state index contributed by atoms with van der Waals surface area (Å²) in [5.41, 5.74) is 3.35. The van der Waals surface area contributed by atoms with Gasteiger partial charge >= 0.3 is 0 Å². The zero-order valence-corrected chi connectivity index (χ0v) is 12.2.